The number of nitrogens with zero attached hydrogens (tertiary/aromatic N) is 3. The van der Waals surface area contributed by atoms with Gasteiger partial charge in [-0.05, 0) is 41.8 Å². The second-order valence-electron chi connectivity index (χ2n) is 9.00. The lowest BCUT2D eigenvalue weighted by Gasteiger charge is -2.18. The average Bonchev–Trinajstić information content (AvgIpc) is 3.42. The zero-order valence-electron chi connectivity index (χ0n) is 20.9. The molecule has 0 atom stereocenters. The summed E-state index contributed by atoms with van der Waals surface area (Å²) in [6.07, 6.45) is 0.644. The number of nitro benzene ring substituents is 1. The first kappa shape index (κ1) is 25.5. The van der Waals surface area contributed by atoms with Crippen LogP contribution in [0.1, 0.15) is 34.0 Å². The molecule has 8 heteroatoms. The molecule has 0 fully saturated rings. The van der Waals surface area contributed by atoms with Crippen molar-refractivity contribution < 1.29 is 14.1 Å². The quantitative estimate of drug-likeness (QED) is 0.177. The molecular weight excluding hydrogens is 495 g/mol. The van der Waals surface area contributed by atoms with Gasteiger partial charge in [-0.25, -0.2) is 9.07 Å². The Kier molecular flexibility index (Phi) is 7.54. The van der Waals surface area contributed by atoms with Crippen LogP contribution in [-0.2, 0) is 0 Å². The smallest absolute Gasteiger partial charge is 0.271 e. The van der Waals surface area contributed by atoms with Crippen molar-refractivity contribution in [3.8, 4) is 16.9 Å². The predicted octanol–water partition coefficient (Wildman–Crippen LogP) is 6.54. The number of halogens is 1. The summed E-state index contributed by atoms with van der Waals surface area (Å²) in [6.45, 7) is 0.364. The Morgan fingerprint density at radius 1 is 0.872 bits per heavy atom. The van der Waals surface area contributed by atoms with Gasteiger partial charge in [-0.3, -0.25) is 14.9 Å². The number of nitro groups is 1. The number of carbonyl (C=O) groups is 1. The number of non-ortho nitro benzene ring substituents is 1. The van der Waals surface area contributed by atoms with Crippen molar-refractivity contribution in [1.29, 1.82) is 0 Å². The monoisotopic (exact) mass is 520 g/mol. The molecule has 1 heterocycles. The fourth-order valence-corrected chi connectivity index (χ4v) is 4.60. The Balaban J connectivity index is 1.44. The molecule has 39 heavy (non-hydrogen) atoms. The van der Waals surface area contributed by atoms with Gasteiger partial charge in [0.1, 0.15) is 11.5 Å². The number of amides is 1. The summed E-state index contributed by atoms with van der Waals surface area (Å²) >= 11 is 0. The van der Waals surface area contributed by atoms with E-state index in [1.54, 1.807) is 24.3 Å². The molecular formula is C31H25FN4O3. The van der Waals surface area contributed by atoms with E-state index in [0.29, 0.717) is 18.7 Å². The van der Waals surface area contributed by atoms with Gasteiger partial charge in [-0.15, -0.1) is 0 Å². The highest BCUT2D eigenvalue weighted by Gasteiger charge is 2.21. The summed E-state index contributed by atoms with van der Waals surface area (Å²) in [5.74, 6) is -0.832. The van der Waals surface area contributed by atoms with Crippen LogP contribution in [0.15, 0.2) is 115 Å². The third-order valence-electron chi connectivity index (χ3n) is 6.50. The predicted molar refractivity (Wildman–Crippen MR) is 147 cm³/mol. The van der Waals surface area contributed by atoms with E-state index in [1.807, 2.05) is 36.4 Å². The molecule has 7 nitrogen and oxygen atoms in total. The molecule has 5 rings (SSSR count). The largest absolute Gasteiger partial charge is 0.351 e. The first-order valence-electron chi connectivity index (χ1n) is 12.5. The van der Waals surface area contributed by atoms with Crippen molar-refractivity contribution in [3.05, 3.63) is 148 Å². The standard InChI is InChI=1S/C31H25FN4O3/c32-28-17-8-7-16-27(28)29-21-30(35(34-29)24-14-9-15-25(20-24)36(38)39)31(37)33-19-18-26(22-10-3-1-4-11-22)23-12-5-2-6-13-23/h1-17,20-21,26H,18-19H2,(H,33,37). The van der Waals surface area contributed by atoms with Crippen molar-refractivity contribution >= 4 is 11.6 Å². The first-order valence-corrected chi connectivity index (χ1v) is 12.5. The van der Waals surface area contributed by atoms with Crippen LogP contribution in [0.5, 0.6) is 0 Å². The van der Waals surface area contributed by atoms with Gasteiger partial charge in [0, 0.05) is 30.2 Å². The third-order valence-corrected chi connectivity index (χ3v) is 6.50. The third kappa shape index (κ3) is 5.75. The van der Waals surface area contributed by atoms with Crippen molar-refractivity contribution in [2.45, 2.75) is 12.3 Å². The van der Waals surface area contributed by atoms with Crippen molar-refractivity contribution in [2.75, 3.05) is 6.54 Å². The maximum atomic E-state index is 14.6. The normalized spacial score (nSPS) is 10.9. The van der Waals surface area contributed by atoms with Gasteiger partial charge in [0.15, 0.2) is 0 Å². The van der Waals surface area contributed by atoms with Gasteiger partial charge in [-0.2, -0.15) is 5.10 Å². The molecule has 0 unspecified atom stereocenters. The van der Waals surface area contributed by atoms with Crippen LogP contribution in [0.2, 0.25) is 0 Å². The number of aromatic nitrogens is 2. The van der Waals surface area contributed by atoms with Gasteiger partial charge in [0.05, 0.1) is 16.3 Å². The van der Waals surface area contributed by atoms with E-state index in [4.69, 9.17) is 0 Å². The Morgan fingerprint density at radius 3 is 2.15 bits per heavy atom. The molecule has 0 aliphatic rings. The zero-order chi connectivity index (χ0) is 27.2. The van der Waals surface area contributed by atoms with Crippen LogP contribution in [-0.4, -0.2) is 27.2 Å². The van der Waals surface area contributed by atoms with E-state index in [1.165, 1.54) is 35.0 Å². The minimum Gasteiger partial charge on any atom is -0.351 e. The lowest BCUT2D eigenvalue weighted by atomic mass is 9.88. The number of nitrogens with one attached hydrogen (secondary N) is 1. The molecule has 1 amide bonds. The van der Waals surface area contributed by atoms with Crippen molar-refractivity contribution in [3.63, 3.8) is 0 Å². The topological polar surface area (TPSA) is 90.1 Å². The maximum Gasteiger partial charge on any atom is 0.271 e. The number of benzene rings is 4. The van der Waals surface area contributed by atoms with Crippen LogP contribution in [0, 0.1) is 15.9 Å². The van der Waals surface area contributed by atoms with Crippen LogP contribution in [0.25, 0.3) is 16.9 Å². The lowest BCUT2D eigenvalue weighted by Crippen LogP contribution is -2.28. The maximum absolute atomic E-state index is 14.6. The van der Waals surface area contributed by atoms with Crippen LogP contribution < -0.4 is 5.32 Å². The van der Waals surface area contributed by atoms with Gasteiger partial charge in [0.2, 0.25) is 0 Å². The van der Waals surface area contributed by atoms with Crippen LogP contribution >= 0.6 is 0 Å². The summed E-state index contributed by atoms with van der Waals surface area (Å²) < 4.78 is 15.9. The molecule has 0 aliphatic heterocycles. The molecule has 0 saturated carbocycles. The molecule has 0 radical (unpaired) electrons. The van der Waals surface area contributed by atoms with Crippen LogP contribution in [0.4, 0.5) is 10.1 Å². The molecule has 4 aromatic carbocycles. The zero-order valence-corrected chi connectivity index (χ0v) is 20.9. The average molecular weight is 521 g/mol. The molecule has 0 spiro atoms. The van der Waals surface area contributed by atoms with Gasteiger partial charge in [0.25, 0.3) is 11.6 Å². The SMILES string of the molecule is O=C(NCCC(c1ccccc1)c1ccccc1)c1cc(-c2ccccc2F)nn1-c1cccc([N+](=O)[O-])c1. The number of carbonyl (C=O) groups excluding carboxylic acids is 1. The van der Waals surface area contributed by atoms with Crippen molar-refractivity contribution in [2.24, 2.45) is 0 Å². The second-order valence-corrected chi connectivity index (χ2v) is 9.00. The highest BCUT2D eigenvalue weighted by Crippen LogP contribution is 2.28. The minimum atomic E-state index is -0.516. The van der Waals surface area contributed by atoms with E-state index in [9.17, 15) is 19.3 Å². The minimum absolute atomic E-state index is 0.0726. The Hall–Kier alpha value is -5.11. The summed E-state index contributed by atoms with van der Waals surface area (Å²) in [4.78, 5) is 24.3. The summed E-state index contributed by atoms with van der Waals surface area (Å²) in [5, 5.41) is 18.8. The van der Waals surface area contributed by atoms with Gasteiger partial charge >= 0.3 is 0 Å². The Labute approximate surface area is 224 Å². The molecule has 1 aromatic heterocycles. The molecule has 5 aromatic rings. The molecule has 194 valence electrons. The highest BCUT2D eigenvalue weighted by atomic mass is 19.1. The molecule has 0 saturated heterocycles. The van der Waals surface area contributed by atoms with E-state index in [2.05, 4.69) is 34.7 Å². The van der Waals surface area contributed by atoms with E-state index in [0.717, 1.165) is 11.1 Å². The number of hydrogen-bond acceptors (Lipinski definition) is 4. The summed E-state index contributed by atoms with van der Waals surface area (Å²) in [7, 11) is 0. The molecule has 0 aliphatic carbocycles. The Bertz CT molecular complexity index is 1560. The molecule has 1 N–H and O–H groups in total. The fourth-order valence-electron chi connectivity index (χ4n) is 4.60. The van der Waals surface area contributed by atoms with Gasteiger partial charge < -0.3 is 5.32 Å². The second kappa shape index (κ2) is 11.5. The summed E-state index contributed by atoms with van der Waals surface area (Å²) in [5.41, 5.74) is 3.08. The van der Waals surface area contributed by atoms with Gasteiger partial charge in [-0.1, -0.05) is 78.9 Å². The Morgan fingerprint density at radius 2 is 1.51 bits per heavy atom. The van der Waals surface area contributed by atoms with E-state index >= 15 is 0 Å². The van der Waals surface area contributed by atoms with Crippen molar-refractivity contribution in [1.82, 2.24) is 15.1 Å². The fraction of sp³-hybridized carbons (Fsp3) is 0.0968. The number of hydrogen-bond donors (Lipinski definition) is 1. The number of rotatable bonds is 9. The highest BCUT2D eigenvalue weighted by molar-refractivity contribution is 5.94. The van der Waals surface area contributed by atoms with Crippen LogP contribution in [0.3, 0.4) is 0 Å². The lowest BCUT2D eigenvalue weighted by molar-refractivity contribution is -0.384. The molecule has 0 bridgehead atoms. The van der Waals surface area contributed by atoms with E-state index < -0.39 is 16.6 Å². The first-order chi connectivity index (χ1) is 19.0. The van der Waals surface area contributed by atoms with E-state index in [-0.39, 0.29) is 28.6 Å². The summed E-state index contributed by atoms with van der Waals surface area (Å²) in [6, 6.07) is 33.6.